The second-order valence-electron chi connectivity index (χ2n) is 5.94. The first-order valence-electron chi connectivity index (χ1n) is 7.93. The first kappa shape index (κ1) is 17.6. The molecule has 0 aliphatic heterocycles. The summed E-state index contributed by atoms with van der Waals surface area (Å²) in [6.45, 7) is 1.79. The van der Waals surface area contributed by atoms with Crippen LogP contribution in [0.4, 0.5) is 0 Å². The van der Waals surface area contributed by atoms with Crippen molar-refractivity contribution < 1.29 is 23.8 Å². The van der Waals surface area contributed by atoms with Crippen molar-refractivity contribution in [3.8, 4) is 22.8 Å². The molecule has 0 amide bonds. The molecule has 0 unspecified atom stereocenters. The Hall–Kier alpha value is -3.22. The molecule has 7 nitrogen and oxygen atoms in total. The third-order valence-corrected chi connectivity index (χ3v) is 4.40. The SMILES string of the molecule is COc1ccc(-c2oc3cc(C)n(C)c(=O)c3c2CC(=O)O)cc1OC. The average molecular weight is 357 g/mol. The third kappa shape index (κ3) is 2.81. The van der Waals surface area contributed by atoms with Crippen molar-refractivity contribution in [2.45, 2.75) is 13.3 Å². The third-order valence-electron chi connectivity index (χ3n) is 4.40. The number of rotatable bonds is 5. The molecule has 0 aliphatic carbocycles. The van der Waals surface area contributed by atoms with Gasteiger partial charge in [0.25, 0.3) is 5.56 Å². The Labute approximate surface area is 149 Å². The van der Waals surface area contributed by atoms with Gasteiger partial charge in [0.15, 0.2) is 11.5 Å². The van der Waals surface area contributed by atoms with E-state index in [0.29, 0.717) is 34.0 Å². The summed E-state index contributed by atoms with van der Waals surface area (Å²) in [6.07, 6.45) is -0.324. The van der Waals surface area contributed by atoms with Gasteiger partial charge in [-0.05, 0) is 25.1 Å². The summed E-state index contributed by atoms with van der Waals surface area (Å²) in [4.78, 5) is 24.1. The molecular weight excluding hydrogens is 338 g/mol. The number of carbonyl (C=O) groups is 1. The highest BCUT2D eigenvalue weighted by Crippen LogP contribution is 2.37. The van der Waals surface area contributed by atoms with Gasteiger partial charge in [-0.1, -0.05) is 0 Å². The van der Waals surface area contributed by atoms with Crippen molar-refractivity contribution in [3.63, 3.8) is 0 Å². The molecule has 0 bridgehead atoms. The molecule has 0 radical (unpaired) electrons. The second-order valence-corrected chi connectivity index (χ2v) is 5.94. The summed E-state index contributed by atoms with van der Waals surface area (Å²) in [5, 5.41) is 9.60. The highest BCUT2D eigenvalue weighted by atomic mass is 16.5. The summed E-state index contributed by atoms with van der Waals surface area (Å²) in [7, 11) is 4.68. The lowest BCUT2D eigenvalue weighted by Crippen LogP contribution is -2.19. The Morgan fingerprint density at radius 3 is 2.50 bits per heavy atom. The fraction of sp³-hybridized carbons (Fsp3) is 0.263. The Bertz CT molecular complexity index is 1060. The minimum Gasteiger partial charge on any atom is -0.493 e. The minimum atomic E-state index is -1.04. The van der Waals surface area contributed by atoms with Gasteiger partial charge < -0.3 is 23.6 Å². The number of aromatic nitrogens is 1. The fourth-order valence-corrected chi connectivity index (χ4v) is 2.97. The molecule has 2 aromatic heterocycles. The number of aliphatic carboxylic acids is 1. The first-order chi connectivity index (χ1) is 12.4. The van der Waals surface area contributed by atoms with Gasteiger partial charge in [0.2, 0.25) is 0 Å². The molecule has 0 spiro atoms. The van der Waals surface area contributed by atoms with Crippen molar-refractivity contribution in [1.29, 1.82) is 0 Å². The van der Waals surface area contributed by atoms with Crippen molar-refractivity contribution >= 4 is 16.9 Å². The quantitative estimate of drug-likeness (QED) is 0.755. The predicted octanol–water partition coefficient (Wildman–Crippen LogP) is 2.75. The van der Waals surface area contributed by atoms with E-state index in [0.717, 1.165) is 5.69 Å². The van der Waals surface area contributed by atoms with Gasteiger partial charge in [0.05, 0.1) is 26.0 Å². The van der Waals surface area contributed by atoms with Crippen LogP contribution >= 0.6 is 0 Å². The fourth-order valence-electron chi connectivity index (χ4n) is 2.97. The van der Waals surface area contributed by atoms with E-state index in [1.807, 2.05) is 0 Å². The summed E-state index contributed by atoms with van der Waals surface area (Å²) in [5.41, 5.74) is 1.76. The Balaban J connectivity index is 2.34. The molecule has 26 heavy (non-hydrogen) atoms. The van der Waals surface area contributed by atoms with Crippen molar-refractivity contribution in [2.24, 2.45) is 7.05 Å². The van der Waals surface area contributed by atoms with Gasteiger partial charge in [-0.15, -0.1) is 0 Å². The number of hydrogen-bond acceptors (Lipinski definition) is 5. The van der Waals surface area contributed by atoms with Crippen LogP contribution in [0.25, 0.3) is 22.3 Å². The van der Waals surface area contributed by atoms with Crippen LogP contribution in [0.15, 0.2) is 33.5 Å². The summed E-state index contributed by atoms with van der Waals surface area (Å²) in [6, 6.07) is 6.86. The molecule has 0 saturated heterocycles. The van der Waals surface area contributed by atoms with E-state index < -0.39 is 5.97 Å². The largest absolute Gasteiger partial charge is 0.493 e. The summed E-state index contributed by atoms with van der Waals surface area (Å²) < 4.78 is 17.9. The number of fused-ring (bicyclic) bond motifs is 1. The molecule has 1 aromatic carbocycles. The molecular formula is C19H19NO6. The molecule has 0 atom stereocenters. The van der Waals surface area contributed by atoms with Crippen LogP contribution in [-0.2, 0) is 18.3 Å². The number of nitrogens with zero attached hydrogens (tertiary/aromatic N) is 1. The van der Waals surface area contributed by atoms with Gasteiger partial charge in [-0.2, -0.15) is 0 Å². The highest BCUT2D eigenvalue weighted by molar-refractivity contribution is 5.91. The van der Waals surface area contributed by atoms with Gasteiger partial charge in [0.1, 0.15) is 11.3 Å². The van der Waals surface area contributed by atoms with Gasteiger partial charge in [-0.25, -0.2) is 0 Å². The Kier molecular flexibility index (Phi) is 4.46. The van der Waals surface area contributed by atoms with Crippen LogP contribution in [0.5, 0.6) is 11.5 Å². The maximum Gasteiger partial charge on any atom is 0.307 e. The molecule has 1 N–H and O–H groups in total. The minimum absolute atomic E-state index is 0.283. The number of carboxylic acid groups (broad SMARTS) is 1. The highest BCUT2D eigenvalue weighted by Gasteiger charge is 2.23. The van der Waals surface area contributed by atoms with Gasteiger partial charge >= 0.3 is 5.97 Å². The van der Waals surface area contributed by atoms with Crippen molar-refractivity contribution in [2.75, 3.05) is 14.2 Å². The summed E-state index contributed by atoms with van der Waals surface area (Å²) in [5.74, 6) is 0.317. The zero-order valence-corrected chi connectivity index (χ0v) is 15.0. The van der Waals surface area contributed by atoms with Crippen LogP contribution in [-0.4, -0.2) is 29.9 Å². The number of carboxylic acids is 1. The number of benzene rings is 1. The molecule has 0 saturated carbocycles. The standard InChI is InChI=1S/C19H19NO6/c1-10-7-15-17(19(23)20(10)2)12(9-16(21)22)18(26-15)11-5-6-13(24-3)14(8-11)25-4/h5-8H,9H2,1-4H3,(H,21,22). The van der Waals surface area contributed by atoms with E-state index in [2.05, 4.69) is 0 Å². The smallest absolute Gasteiger partial charge is 0.307 e. The van der Waals surface area contributed by atoms with E-state index in [1.165, 1.54) is 18.8 Å². The van der Waals surface area contributed by atoms with Crippen molar-refractivity contribution in [3.05, 3.63) is 45.9 Å². The van der Waals surface area contributed by atoms with Crippen LogP contribution in [0.1, 0.15) is 11.3 Å². The van der Waals surface area contributed by atoms with Gasteiger partial charge in [-0.3, -0.25) is 9.59 Å². The molecule has 3 aromatic rings. The van der Waals surface area contributed by atoms with E-state index in [9.17, 15) is 14.7 Å². The maximum atomic E-state index is 12.7. The van der Waals surface area contributed by atoms with Crippen LogP contribution in [0.3, 0.4) is 0 Å². The molecule has 136 valence electrons. The van der Waals surface area contributed by atoms with Gasteiger partial charge in [0, 0.05) is 29.9 Å². The number of pyridine rings is 1. The number of furan rings is 1. The topological polar surface area (TPSA) is 90.9 Å². The average Bonchev–Trinajstić information content (AvgIpc) is 2.96. The van der Waals surface area contributed by atoms with Crippen molar-refractivity contribution in [1.82, 2.24) is 4.57 Å². The van der Waals surface area contributed by atoms with E-state index in [1.54, 1.807) is 38.2 Å². The number of ether oxygens (including phenoxy) is 2. The molecule has 7 heteroatoms. The predicted molar refractivity (Wildman–Crippen MR) is 96.1 cm³/mol. The Morgan fingerprint density at radius 2 is 1.88 bits per heavy atom. The Morgan fingerprint density at radius 1 is 1.19 bits per heavy atom. The molecule has 0 fully saturated rings. The summed E-state index contributed by atoms with van der Waals surface area (Å²) >= 11 is 0. The zero-order chi connectivity index (χ0) is 19.0. The second kappa shape index (κ2) is 6.59. The number of hydrogen-bond donors (Lipinski definition) is 1. The lowest BCUT2D eigenvalue weighted by atomic mass is 10.0. The molecule has 2 heterocycles. The normalized spacial score (nSPS) is 10.9. The van der Waals surface area contributed by atoms with E-state index in [-0.39, 0.29) is 17.4 Å². The van der Waals surface area contributed by atoms with Crippen LogP contribution in [0.2, 0.25) is 0 Å². The monoisotopic (exact) mass is 357 g/mol. The molecule has 0 aliphatic rings. The zero-order valence-electron chi connectivity index (χ0n) is 15.0. The first-order valence-corrected chi connectivity index (χ1v) is 7.93. The van der Waals surface area contributed by atoms with E-state index >= 15 is 0 Å². The number of aryl methyl sites for hydroxylation is 1. The molecule has 3 rings (SSSR count). The lowest BCUT2D eigenvalue weighted by molar-refractivity contribution is -0.136. The van der Waals surface area contributed by atoms with Crippen LogP contribution < -0.4 is 15.0 Å². The number of methoxy groups -OCH3 is 2. The van der Waals surface area contributed by atoms with Crippen LogP contribution in [0, 0.1) is 6.92 Å². The lowest BCUT2D eigenvalue weighted by Gasteiger charge is -2.09. The van der Waals surface area contributed by atoms with E-state index in [4.69, 9.17) is 13.9 Å². The maximum absolute atomic E-state index is 12.7.